The molecule has 0 radical (unpaired) electrons. The number of likely N-dealkylation sites (tertiary alicyclic amines) is 1. The molecule has 0 saturated carbocycles. The molecule has 7 nitrogen and oxygen atoms in total. The Morgan fingerprint density at radius 1 is 1.12 bits per heavy atom. The fourth-order valence-corrected chi connectivity index (χ4v) is 4.23. The lowest BCUT2D eigenvalue weighted by molar-refractivity contribution is 0.0736. The molecule has 134 valence electrons. The van der Waals surface area contributed by atoms with E-state index in [2.05, 4.69) is 4.90 Å². The second-order valence-corrected chi connectivity index (χ2v) is 7.34. The number of piperidine rings is 2. The average Bonchev–Trinajstić information content (AvgIpc) is 2.90. The molecule has 25 heavy (non-hydrogen) atoms. The molecule has 4 rings (SSSR count). The third-order valence-corrected chi connectivity index (χ3v) is 6.06. The van der Waals surface area contributed by atoms with Gasteiger partial charge in [-0.3, -0.25) is 4.57 Å². The highest BCUT2D eigenvalue weighted by Gasteiger charge is 2.38. The molecule has 2 aromatic rings. The van der Waals surface area contributed by atoms with Crippen molar-refractivity contribution in [3.05, 3.63) is 28.7 Å². The van der Waals surface area contributed by atoms with Crippen molar-refractivity contribution < 1.29 is 14.3 Å². The van der Waals surface area contributed by atoms with Crippen LogP contribution in [0.2, 0.25) is 0 Å². The van der Waals surface area contributed by atoms with Crippen LogP contribution in [-0.2, 0) is 7.05 Å². The molecule has 2 fully saturated rings. The van der Waals surface area contributed by atoms with Crippen LogP contribution in [0.3, 0.4) is 0 Å². The van der Waals surface area contributed by atoms with Gasteiger partial charge in [0.2, 0.25) is 0 Å². The van der Waals surface area contributed by atoms with Crippen molar-refractivity contribution >= 4 is 22.9 Å². The second-order valence-electron chi connectivity index (χ2n) is 7.34. The Kier molecular flexibility index (Phi) is 3.74. The first-order chi connectivity index (χ1) is 12.0. The molecule has 2 aliphatic heterocycles. The number of anilines is 1. The van der Waals surface area contributed by atoms with E-state index in [1.807, 2.05) is 18.2 Å². The highest BCUT2D eigenvalue weighted by Crippen LogP contribution is 2.42. The molecule has 2 aliphatic rings. The van der Waals surface area contributed by atoms with Crippen molar-refractivity contribution in [1.82, 2.24) is 9.47 Å². The van der Waals surface area contributed by atoms with Crippen molar-refractivity contribution in [3.8, 4) is 0 Å². The van der Waals surface area contributed by atoms with Gasteiger partial charge in [0.25, 0.3) is 0 Å². The molecule has 0 aliphatic carbocycles. The molecule has 1 spiro atoms. The van der Waals surface area contributed by atoms with Crippen LogP contribution in [0.15, 0.2) is 27.4 Å². The van der Waals surface area contributed by atoms with E-state index in [-0.39, 0.29) is 11.2 Å². The Hall–Kier alpha value is -2.44. The van der Waals surface area contributed by atoms with Crippen LogP contribution in [-0.4, -0.2) is 46.8 Å². The summed E-state index contributed by atoms with van der Waals surface area (Å²) in [7, 11) is 1.71. The quantitative estimate of drug-likeness (QED) is 0.859. The van der Waals surface area contributed by atoms with Gasteiger partial charge in [0, 0.05) is 45.0 Å². The molecule has 0 bridgehead atoms. The van der Waals surface area contributed by atoms with E-state index >= 15 is 0 Å². The number of hydrogen-bond donors (Lipinski definition) is 1. The number of rotatable bonds is 1. The molecular formula is C18H23N3O4. The van der Waals surface area contributed by atoms with Crippen LogP contribution in [0, 0.1) is 5.41 Å². The number of amides is 1. The van der Waals surface area contributed by atoms with E-state index in [9.17, 15) is 9.59 Å². The van der Waals surface area contributed by atoms with Gasteiger partial charge in [-0.15, -0.1) is 0 Å². The van der Waals surface area contributed by atoms with E-state index in [4.69, 9.17) is 9.52 Å². The lowest BCUT2D eigenvalue weighted by Gasteiger charge is -2.46. The maximum atomic E-state index is 11.6. The zero-order valence-electron chi connectivity index (χ0n) is 14.4. The van der Waals surface area contributed by atoms with Gasteiger partial charge < -0.3 is 19.3 Å². The van der Waals surface area contributed by atoms with E-state index in [1.54, 1.807) is 7.05 Å². The summed E-state index contributed by atoms with van der Waals surface area (Å²) in [5, 5.41) is 9.11. The summed E-state index contributed by atoms with van der Waals surface area (Å²) in [5.41, 5.74) is 2.80. The smallest absolute Gasteiger partial charge is 0.419 e. The van der Waals surface area contributed by atoms with Crippen LogP contribution < -0.4 is 10.7 Å². The van der Waals surface area contributed by atoms with Crippen LogP contribution in [0.4, 0.5) is 10.5 Å². The Balaban J connectivity index is 1.45. The first-order valence-corrected chi connectivity index (χ1v) is 8.80. The Morgan fingerprint density at radius 3 is 2.40 bits per heavy atom. The standard InChI is InChI=1S/C18H23N3O4/c1-19-14-3-2-13(12-15(14)25-17(19)24)20-8-4-18(5-9-20)6-10-21(11-7-18)16(22)23/h2-3,12H,4-11H2,1H3,(H,22,23). The zero-order valence-corrected chi connectivity index (χ0v) is 14.4. The SMILES string of the molecule is Cn1c(=O)oc2cc(N3CCC4(CCN(C(=O)O)CC4)CC3)ccc21. The molecule has 1 aromatic heterocycles. The lowest BCUT2D eigenvalue weighted by atomic mass is 9.71. The maximum absolute atomic E-state index is 11.6. The molecule has 0 unspecified atom stereocenters. The number of nitrogens with zero attached hydrogens (tertiary/aromatic N) is 3. The molecule has 1 N–H and O–H groups in total. The van der Waals surface area contributed by atoms with E-state index < -0.39 is 6.09 Å². The molecule has 1 aromatic carbocycles. The van der Waals surface area contributed by atoms with Gasteiger partial charge in [-0.25, -0.2) is 9.59 Å². The number of aryl methyl sites for hydroxylation is 1. The topological polar surface area (TPSA) is 78.9 Å². The van der Waals surface area contributed by atoms with Crippen molar-refractivity contribution in [2.75, 3.05) is 31.1 Å². The van der Waals surface area contributed by atoms with Gasteiger partial charge in [-0.05, 0) is 43.2 Å². The van der Waals surface area contributed by atoms with Gasteiger partial charge in [0.15, 0.2) is 5.58 Å². The summed E-state index contributed by atoms with van der Waals surface area (Å²) < 4.78 is 6.81. The summed E-state index contributed by atoms with van der Waals surface area (Å²) in [6.07, 6.45) is 3.28. The minimum absolute atomic E-state index is 0.284. The Labute approximate surface area is 145 Å². The first kappa shape index (κ1) is 16.1. The van der Waals surface area contributed by atoms with Crippen molar-refractivity contribution in [2.45, 2.75) is 25.7 Å². The number of benzene rings is 1. The van der Waals surface area contributed by atoms with E-state index in [0.29, 0.717) is 18.7 Å². The van der Waals surface area contributed by atoms with Gasteiger partial charge >= 0.3 is 11.8 Å². The molecule has 2 saturated heterocycles. The number of oxazole rings is 1. The third-order valence-electron chi connectivity index (χ3n) is 6.06. The summed E-state index contributed by atoms with van der Waals surface area (Å²) in [6.45, 7) is 3.21. The highest BCUT2D eigenvalue weighted by atomic mass is 16.4. The Morgan fingerprint density at radius 2 is 1.76 bits per heavy atom. The lowest BCUT2D eigenvalue weighted by Crippen LogP contribution is -2.48. The zero-order chi connectivity index (χ0) is 17.6. The van der Waals surface area contributed by atoms with Gasteiger partial charge in [0.1, 0.15) is 0 Å². The van der Waals surface area contributed by atoms with Crippen LogP contribution in [0.1, 0.15) is 25.7 Å². The maximum Gasteiger partial charge on any atom is 0.419 e. The molecule has 1 amide bonds. The van der Waals surface area contributed by atoms with Crippen LogP contribution in [0.5, 0.6) is 0 Å². The number of fused-ring (bicyclic) bond motifs is 1. The van der Waals surface area contributed by atoms with Crippen LogP contribution in [0.25, 0.3) is 11.1 Å². The Bertz CT molecular complexity index is 851. The monoisotopic (exact) mass is 345 g/mol. The largest absolute Gasteiger partial charge is 0.465 e. The summed E-state index contributed by atoms with van der Waals surface area (Å²) in [6, 6.07) is 5.93. The highest BCUT2D eigenvalue weighted by molar-refractivity contribution is 5.77. The van der Waals surface area contributed by atoms with Crippen molar-refractivity contribution in [3.63, 3.8) is 0 Å². The number of hydrogen-bond acceptors (Lipinski definition) is 4. The van der Waals surface area contributed by atoms with Gasteiger partial charge in [-0.2, -0.15) is 0 Å². The second kappa shape index (κ2) is 5.82. The predicted octanol–water partition coefficient (Wildman–Crippen LogP) is 2.49. The minimum atomic E-state index is -0.801. The third kappa shape index (κ3) is 2.77. The molecule has 3 heterocycles. The van der Waals surface area contributed by atoms with Gasteiger partial charge in [0.05, 0.1) is 5.52 Å². The predicted molar refractivity (Wildman–Crippen MR) is 94.2 cm³/mol. The molecule has 0 atom stereocenters. The van der Waals surface area contributed by atoms with Crippen molar-refractivity contribution in [2.24, 2.45) is 12.5 Å². The van der Waals surface area contributed by atoms with E-state index in [0.717, 1.165) is 50.0 Å². The van der Waals surface area contributed by atoms with Crippen molar-refractivity contribution in [1.29, 1.82) is 0 Å². The summed E-state index contributed by atoms with van der Waals surface area (Å²) >= 11 is 0. The molecule has 7 heteroatoms. The fraction of sp³-hybridized carbons (Fsp3) is 0.556. The van der Waals surface area contributed by atoms with Gasteiger partial charge in [-0.1, -0.05) is 0 Å². The fourth-order valence-electron chi connectivity index (χ4n) is 4.23. The normalized spacial score (nSPS) is 20.4. The molecular weight excluding hydrogens is 322 g/mol. The number of aromatic nitrogens is 1. The first-order valence-electron chi connectivity index (χ1n) is 8.80. The minimum Gasteiger partial charge on any atom is -0.465 e. The number of carboxylic acid groups (broad SMARTS) is 1. The summed E-state index contributed by atoms with van der Waals surface area (Å²) in [4.78, 5) is 26.6. The average molecular weight is 345 g/mol. The summed E-state index contributed by atoms with van der Waals surface area (Å²) in [5.74, 6) is -0.338. The number of carbonyl (C=O) groups is 1. The van der Waals surface area contributed by atoms with Crippen LogP contribution >= 0.6 is 0 Å². The van der Waals surface area contributed by atoms with E-state index in [1.165, 1.54) is 9.47 Å².